The summed E-state index contributed by atoms with van der Waals surface area (Å²) >= 11 is 0. The minimum atomic E-state index is -0.782. The lowest BCUT2D eigenvalue weighted by Crippen LogP contribution is -2.70. The fourth-order valence-corrected chi connectivity index (χ4v) is 14.1. The number of carbonyl (C=O) groups is 1. The van der Waals surface area contributed by atoms with Crippen LogP contribution in [0.4, 0.5) is 0 Å². The first kappa shape index (κ1) is 33.4. The lowest BCUT2D eigenvalue weighted by atomic mass is 9.43. The van der Waals surface area contributed by atoms with E-state index in [1.54, 1.807) is 0 Å². The first-order chi connectivity index (χ1) is 22.3. The molecule has 9 aliphatic rings. The first-order valence-corrected chi connectivity index (χ1v) is 19.5. The molecule has 4 heterocycles. The largest absolute Gasteiger partial charge is 0.481 e. The van der Waals surface area contributed by atoms with Gasteiger partial charge in [0.25, 0.3) is 0 Å². The highest BCUT2D eigenvalue weighted by atomic mass is 17.3. The SMILES string of the molecule is C[C@H]1[C@@H](O[C@@H]2CC[C@@]3(C)[C@@H](C2)C[C@H](O)[C@H]2C4CC[C@H]([C@H](C)CCC(=O)O)[C@@]4(C)CC[C@@H]23)OC2O[C@@]3(C)CC[C@H]4[C@H](C)CC[C@@H]1[C@@]24OO3. The molecule has 0 aromatic carbocycles. The summed E-state index contributed by atoms with van der Waals surface area (Å²) in [7, 11) is 0. The van der Waals surface area contributed by atoms with Gasteiger partial charge in [0, 0.05) is 24.7 Å². The van der Waals surface area contributed by atoms with E-state index in [1.165, 1.54) is 32.1 Å². The van der Waals surface area contributed by atoms with Crippen molar-refractivity contribution in [2.24, 2.45) is 70.0 Å². The zero-order valence-corrected chi connectivity index (χ0v) is 29.8. The molecular formula is C39H62O8. The number of ether oxygens (including phenoxy) is 3. The maximum atomic E-state index is 11.9. The number of hydrogen-bond acceptors (Lipinski definition) is 7. The van der Waals surface area contributed by atoms with Crippen molar-refractivity contribution in [3.63, 3.8) is 0 Å². The summed E-state index contributed by atoms with van der Waals surface area (Å²) in [6, 6.07) is 0. The van der Waals surface area contributed by atoms with Gasteiger partial charge in [-0.05, 0) is 142 Å². The van der Waals surface area contributed by atoms with E-state index in [1.807, 2.05) is 6.92 Å². The molecule has 0 aromatic heterocycles. The Labute approximate surface area is 282 Å². The van der Waals surface area contributed by atoms with Crippen LogP contribution in [0.15, 0.2) is 0 Å². The Bertz CT molecular complexity index is 1210. The van der Waals surface area contributed by atoms with E-state index in [2.05, 4.69) is 34.6 Å². The number of carboxylic acids is 1. The average Bonchev–Trinajstić information content (AvgIpc) is 3.22. The summed E-state index contributed by atoms with van der Waals surface area (Å²) in [5.41, 5.74) is -0.142. The van der Waals surface area contributed by atoms with Crippen LogP contribution < -0.4 is 0 Å². The van der Waals surface area contributed by atoms with Gasteiger partial charge < -0.3 is 24.4 Å². The molecule has 47 heavy (non-hydrogen) atoms. The van der Waals surface area contributed by atoms with Crippen LogP contribution in [0.1, 0.15) is 131 Å². The highest BCUT2D eigenvalue weighted by Crippen LogP contribution is 2.69. The number of aliphatic hydroxyl groups excluding tert-OH is 1. The van der Waals surface area contributed by atoms with Crippen LogP contribution in [0.25, 0.3) is 0 Å². The molecule has 8 heteroatoms. The Morgan fingerprint density at radius 2 is 1.60 bits per heavy atom. The Kier molecular flexibility index (Phi) is 8.26. The van der Waals surface area contributed by atoms with Crippen molar-refractivity contribution >= 4 is 5.97 Å². The number of aliphatic hydroxyl groups is 1. The predicted octanol–water partition coefficient (Wildman–Crippen LogP) is 7.71. The molecule has 2 bridgehead atoms. The summed E-state index contributed by atoms with van der Waals surface area (Å²) in [5, 5.41) is 21.3. The van der Waals surface area contributed by atoms with Crippen LogP contribution in [0.5, 0.6) is 0 Å². The van der Waals surface area contributed by atoms with E-state index < -0.39 is 23.6 Å². The third-order valence-electron chi connectivity index (χ3n) is 16.6. The van der Waals surface area contributed by atoms with Crippen molar-refractivity contribution in [1.82, 2.24) is 0 Å². The van der Waals surface area contributed by atoms with E-state index in [4.69, 9.17) is 24.0 Å². The fourth-order valence-electron chi connectivity index (χ4n) is 14.1. The third-order valence-corrected chi connectivity index (χ3v) is 16.6. The monoisotopic (exact) mass is 658 g/mol. The van der Waals surface area contributed by atoms with Crippen LogP contribution in [0, 0.1) is 70.0 Å². The Balaban J connectivity index is 0.961. The van der Waals surface area contributed by atoms with Gasteiger partial charge >= 0.3 is 5.97 Å². The zero-order valence-electron chi connectivity index (χ0n) is 29.8. The molecule has 0 aromatic rings. The van der Waals surface area contributed by atoms with Gasteiger partial charge in [-0.25, -0.2) is 9.78 Å². The van der Waals surface area contributed by atoms with Crippen molar-refractivity contribution < 1.29 is 39.0 Å². The van der Waals surface area contributed by atoms with E-state index in [9.17, 15) is 15.0 Å². The molecule has 266 valence electrons. The van der Waals surface area contributed by atoms with Crippen LogP contribution in [0.3, 0.4) is 0 Å². The maximum Gasteiger partial charge on any atom is 0.303 e. The molecule has 2 N–H and O–H groups in total. The minimum absolute atomic E-state index is 0.118. The van der Waals surface area contributed by atoms with Gasteiger partial charge in [0.15, 0.2) is 18.2 Å². The molecular weight excluding hydrogens is 596 g/mol. The van der Waals surface area contributed by atoms with E-state index in [0.29, 0.717) is 47.3 Å². The van der Waals surface area contributed by atoms with Gasteiger partial charge in [0.05, 0.1) is 12.2 Å². The van der Waals surface area contributed by atoms with Crippen LogP contribution >= 0.6 is 0 Å². The second-order valence-electron chi connectivity index (χ2n) is 18.7. The molecule has 5 aliphatic carbocycles. The quantitative estimate of drug-likeness (QED) is 0.221. The summed E-state index contributed by atoms with van der Waals surface area (Å²) in [6.07, 6.45) is 12.9. The highest BCUT2D eigenvalue weighted by Gasteiger charge is 2.70. The molecule has 0 radical (unpaired) electrons. The van der Waals surface area contributed by atoms with Gasteiger partial charge in [-0.1, -0.05) is 34.6 Å². The highest BCUT2D eigenvalue weighted by molar-refractivity contribution is 5.66. The van der Waals surface area contributed by atoms with E-state index in [-0.39, 0.29) is 47.6 Å². The fraction of sp³-hybridized carbons (Fsp3) is 0.974. The molecule has 9 fully saturated rings. The number of carboxylic acid groups (broad SMARTS) is 1. The normalized spacial score (nSPS) is 57.2. The van der Waals surface area contributed by atoms with Crippen LogP contribution in [-0.4, -0.2) is 52.4 Å². The summed E-state index contributed by atoms with van der Waals surface area (Å²) in [6.45, 7) is 13.9. The number of fused-ring (bicyclic) bond motifs is 7. The molecule has 5 saturated carbocycles. The predicted molar refractivity (Wildman–Crippen MR) is 174 cm³/mol. The molecule has 0 amide bonds. The molecule has 9 rings (SSSR count). The maximum absolute atomic E-state index is 11.9. The molecule has 8 nitrogen and oxygen atoms in total. The van der Waals surface area contributed by atoms with Crippen LogP contribution in [-0.2, 0) is 28.8 Å². The topological polar surface area (TPSA) is 104 Å². The lowest BCUT2D eigenvalue weighted by molar-refractivity contribution is -0.578. The standard InChI is InChI=1S/C39H62O8/c1-21(8-12-32(41)42)26-10-11-29-33-30(14-17-37(26,29)5)36(4)16-13-25(19-24(36)20-31(33)40)43-34-23(3)28-9-7-22(2)27-15-18-38(6)45-35(44-34)39(27,28)47-46-38/h21-31,33-35,40H,7-20H2,1-6H3,(H,41,42)/t21-,22-,23-,24+,25-,26-,27+,28+,29?,30+,31+,33+,34+,35?,36+,37-,38-,39-/m1/s1. The van der Waals surface area contributed by atoms with Gasteiger partial charge in [-0.15, -0.1) is 0 Å². The van der Waals surface area contributed by atoms with Gasteiger partial charge in [0.1, 0.15) is 0 Å². The zero-order chi connectivity index (χ0) is 33.1. The van der Waals surface area contributed by atoms with Crippen molar-refractivity contribution in [2.45, 2.75) is 168 Å². The Morgan fingerprint density at radius 1 is 0.872 bits per heavy atom. The first-order valence-electron chi connectivity index (χ1n) is 19.5. The Morgan fingerprint density at radius 3 is 2.38 bits per heavy atom. The Hall–Kier alpha value is -0.770. The average molecular weight is 659 g/mol. The van der Waals surface area contributed by atoms with Gasteiger partial charge in [0.2, 0.25) is 5.79 Å². The van der Waals surface area contributed by atoms with Crippen molar-refractivity contribution in [3.05, 3.63) is 0 Å². The van der Waals surface area contributed by atoms with Crippen molar-refractivity contribution in [1.29, 1.82) is 0 Å². The number of rotatable bonds is 6. The third kappa shape index (κ3) is 4.98. The second-order valence-corrected chi connectivity index (χ2v) is 18.7. The summed E-state index contributed by atoms with van der Waals surface area (Å²) < 4.78 is 20.4. The summed E-state index contributed by atoms with van der Waals surface area (Å²) in [4.78, 5) is 23.7. The van der Waals surface area contributed by atoms with E-state index >= 15 is 0 Å². The van der Waals surface area contributed by atoms with E-state index in [0.717, 1.165) is 51.4 Å². The lowest BCUT2D eigenvalue weighted by Gasteiger charge is -2.63. The molecule has 1 spiro atoms. The minimum Gasteiger partial charge on any atom is -0.481 e. The number of hydrogen-bond donors (Lipinski definition) is 2. The van der Waals surface area contributed by atoms with Crippen molar-refractivity contribution in [3.8, 4) is 0 Å². The van der Waals surface area contributed by atoms with Crippen molar-refractivity contribution in [2.75, 3.05) is 0 Å². The molecule has 2 unspecified atom stereocenters. The summed E-state index contributed by atoms with van der Waals surface area (Å²) in [5.74, 6) is 2.72. The molecule has 4 saturated heterocycles. The van der Waals surface area contributed by atoms with Gasteiger partial charge in [-0.2, -0.15) is 0 Å². The molecule has 18 atom stereocenters. The second kappa shape index (κ2) is 11.6. The smallest absolute Gasteiger partial charge is 0.303 e. The molecule has 4 aliphatic heterocycles. The van der Waals surface area contributed by atoms with Crippen LogP contribution in [0.2, 0.25) is 0 Å². The number of aliphatic carboxylic acids is 1. The van der Waals surface area contributed by atoms with Gasteiger partial charge in [-0.3, -0.25) is 4.79 Å².